The van der Waals surface area contributed by atoms with Crippen LogP contribution in [0, 0.1) is 0 Å². The van der Waals surface area contributed by atoms with E-state index in [1.54, 1.807) is 12.1 Å². The smallest absolute Gasteiger partial charge is 0.116 e. The van der Waals surface area contributed by atoms with Gasteiger partial charge in [-0.15, -0.1) is 0 Å². The summed E-state index contributed by atoms with van der Waals surface area (Å²) in [6, 6.07) is 7.26. The number of allylic oxidation sites excluding steroid dienone is 2. The van der Waals surface area contributed by atoms with Gasteiger partial charge in [-0.2, -0.15) is 0 Å². The highest BCUT2D eigenvalue weighted by molar-refractivity contribution is 5.55. The number of benzene rings is 1. The van der Waals surface area contributed by atoms with Crippen LogP contribution in [0.1, 0.15) is 11.1 Å². The van der Waals surface area contributed by atoms with Crippen LogP contribution in [0.4, 0.5) is 4.39 Å². The Labute approximate surface area is 76.8 Å². The second kappa shape index (κ2) is 4.58. The van der Waals surface area contributed by atoms with Crippen LogP contribution in [0.15, 0.2) is 42.7 Å². The number of aliphatic hydroxyl groups is 1. The molecular formula is C11H11FO. The minimum atomic E-state index is -0.493. The third-order valence-electron chi connectivity index (χ3n) is 1.67. The highest BCUT2D eigenvalue weighted by Gasteiger charge is 1.95. The second-order valence-electron chi connectivity index (χ2n) is 2.64. The van der Waals surface area contributed by atoms with E-state index >= 15 is 0 Å². The first kappa shape index (κ1) is 9.68. The third kappa shape index (κ3) is 2.84. The first-order valence-electron chi connectivity index (χ1n) is 3.95. The number of hydrogen-bond donors (Lipinski definition) is 1. The molecule has 0 aromatic heterocycles. The van der Waals surface area contributed by atoms with E-state index in [1.165, 1.54) is 6.08 Å². The minimum absolute atomic E-state index is 0.0424. The molecule has 1 N–H and O–H groups in total. The van der Waals surface area contributed by atoms with Crippen LogP contribution < -0.4 is 0 Å². The lowest BCUT2D eigenvalue weighted by molar-refractivity contribution is 0.281. The fraction of sp³-hybridized carbons (Fsp3) is 0.0909. The Balaban J connectivity index is 2.93. The van der Waals surface area contributed by atoms with E-state index in [2.05, 4.69) is 6.58 Å². The Kier molecular flexibility index (Phi) is 3.41. The summed E-state index contributed by atoms with van der Waals surface area (Å²) in [4.78, 5) is 0. The fourth-order valence-electron chi connectivity index (χ4n) is 1.02. The van der Waals surface area contributed by atoms with Gasteiger partial charge in [-0.3, -0.25) is 0 Å². The molecule has 1 aromatic rings. The van der Waals surface area contributed by atoms with Gasteiger partial charge in [0.15, 0.2) is 0 Å². The molecular weight excluding hydrogens is 167 g/mol. The molecule has 0 bridgehead atoms. The molecule has 0 heterocycles. The number of hydrogen-bond acceptors (Lipinski definition) is 1. The van der Waals surface area contributed by atoms with Gasteiger partial charge in [0.2, 0.25) is 0 Å². The normalized spacial score (nSPS) is 10.6. The molecule has 0 saturated carbocycles. The van der Waals surface area contributed by atoms with Crippen molar-refractivity contribution >= 4 is 6.08 Å². The van der Waals surface area contributed by atoms with Crippen LogP contribution in [0.5, 0.6) is 0 Å². The topological polar surface area (TPSA) is 20.2 Å². The van der Waals surface area contributed by atoms with E-state index in [1.807, 2.05) is 18.2 Å². The van der Waals surface area contributed by atoms with Crippen molar-refractivity contribution < 1.29 is 9.50 Å². The first-order valence-corrected chi connectivity index (χ1v) is 3.95. The van der Waals surface area contributed by atoms with Gasteiger partial charge in [0.05, 0.1) is 6.61 Å². The number of aliphatic hydroxyl groups excluding tert-OH is 1. The zero-order valence-corrected chi connectivity index (χ0v) is 7.20. The van der Waals surface area contributed by atoms with Crippen molar-refractivity contribution in [1.29, 1.82) is 0 Å². The Morgan fingerprint density at radius 2 is 2.15 bits per heavy atom. The average Bonchev–Trinajstić information content (AvgIpc) is 2.15. The van der Waals surface area contributed by atoms with Crippen molar-refractivity contribution in [2.75, 3.05) is 0 Å². The van der Waals surface area contributed by atoms with Crippen molar-refractivity contribution in [3.63, 3.8) is 0 Å². The van der Waals surface area contributed by atoms with Crippen LogP contribution in [-0.4, -0.2) is 5.11 Å². The van der Waals surface area contributed by atoms with E-state index < -0.39 is 5.83 Å². The van der Waals surface area contributed by atoms with Gasteiger partial charge < -0.3 is 5.11 Å². The Morgan fingerprint density at radius 1 is 1.46 bits per heavy atom. The molecule has 0 unspecified atom stereocenters. The van der Waals surface area contributed by atoms with Gasteiger partial charge in [-0.05, 0) is 17.2 Å². The van der Waals surface area contributed by atoms with E-state index in [9.17, 15) is 4.39 Å². The summed E-state index contributed by atoms with van der Waals surface area (Å²) in [5.74, 6) is -0.493. The standard InChI is InChI=1S/C11H11FO/c1-9(12)6-7-10-4-2-3-5-11(10)8-13/h2-7,13H,1,8H2/b7-6-. The first-order chi connectivity index (χ1) is 6.24. The van der Waals surface area contributed by atoms with Crippen LogP contribution >= 0.6 is 0 Å². The Bertz CT molecular complexity index is 329. The summed E-state index contributed by atoms with van der Waals surface area (Å²) in [6.45, 7) is 3.07. The van der Waals surface area contributed by atoms with Crippen molar-refractivity contribution in [2.45, 2.75) is 6.61 Å². The Morgan fingerprint density at radius 3 is 2.77 bits per heavy atom. The molecule has 68 valence electrons. The molecule has 0 fully saturated rings. The molecule has 0 aliphatic heterocycles. The lowest BCUT2D eigenvalue weighted by Crippen LogP contribution is -1.86. The molecule has 0 aliphatic carbocycles. The van der Waals surface area contributed by atoms with Crippen molar-refractivity contribution in [3.05, 3.63) is 53.9 Å². The van der Waals surface area contributed by atoms with E-state index in [4.69, 9.17) is 5.11 Å². The predicted octanol–water partition coefficient (Wildman–Crippen LogP) is 2.68. The monoisotopic (exact) mass is 178 g/mol. The summed E-state index contributed by atoms with van der Waals surface area (Å²) < 4.78 is 12.3. The lowest BCUT2D eigenvalue weighted by atomic mass is 10.1. The van der Waals surface area contributed by atoms with Gasteiger partial charge in [0.25, 0.3) is 0 Å². The maximum absolute atomic E-state index is 12.3. The zero-order chi connectivity index (χ0) is 9.68. The molecule has 1 rings (SSSR count). The van der Waals surface area contributed by atoms with Gasteiger partial charge in [-0.1, -0.05) is 36.9 Å². The van der Waals surface area contributed by atoms with Crippen LogP contribution in [0.2, 0.25) is 0 Å². The molecule has 2 heteroatoms. The molecule has 1 nitrogen and oxygen atoms in total. The lowest BCUT2D eigenvalue weighted by Gasteiger charge is -2.00. The van der Waals surface area contributed by atoms with Crippen LogP contribution in [0.3, 0.4) is 0 Å². The SMILES string of the molecule is C=C(F)/C=C\c1ccccc1CO. The molecule has 0 amide bonds. The summed E-state index contributed by atoms with van der Waals surface area (Å²) in [5, 5.41) is 8.93. The molecule has 13 heavy (non-hydrogen) atoms. The molecule has 1 aromatic carbocycles. The number of rotatable bonds is 3. The summed E-state index contributed by atoms with van der Waals surface area (Å²) in [6.07, 6.45) is 2.86. The Hall–Kier alpha value is -1.41. The van der Waals surface area contributed by atoms with Crippen LogP contribution in [0.25, 0.3) is 6.08 Å². The zero-order valence-electron chi connectivity index (χ0n) is 7.20. The highest BCUT2D eigenvalue weighted by atomic mass is 19.1. The highest BCUT2D eigenvalue weighted by Crippen LogP contribution is 2.11. The van der Waals surface area contributed by atoms with Crippen LogP contribution in [-0.2, 0) is 6.61 Å². The minimum Gasteiger partial charge on any atom is -0.392 e. The molecule has 0 atom stereocenters. The van der Waals surface area contributed by atoms with Crippen molar-refractivity contribution in [3.8, 4) is 0 Å². The third-order valence-corrected chi connectivity index (χ3v) is 1.67. The maximum atomic E-state index is 12.3. The largest absolute Gasteiger partial charge is 0.392 e. The average molecular weight is 178 g/mol. The maximum Gasteiger partial charge on any atom is 0.116 e. The summed E-state index contributed by atoms with van der Waals surface area (Å²) in [5.41, 5.74) is 1.59. The second-order valence-corrected chi connectivity index (χ2v) is 2.64. The molecule has 0 saturated heterocycles. The van der Waals surface area contributed by atoms with Gasteiger partial charge in [0.1, 0.15) is 5.83 Å². The van der Waals surface area contributed by atoms with Crippen molar-refractivity contribution in [2.24, 2.45) is 0 Å². The van der Waals surface area contributed by atoms with E-state index in [0.29, 0.717) is 0 Å². The number of halogens is 1. The summed E-state index contributed by atoms with van der Waals surface area (Å²) >= 11 is 0. The van der Waals surface area contributed by atoms with Crippen molar-refractivity contribution in [1.82, 2.24) is 0 Å². The summed E-state index contributed by atoms with van der Waals surface area (Å²) in [7, 11) is 0. The quantitative estimate of drug-likeness (QED) is 0.705. The predicted molar refractivity (Wildman–Crippen MR) is 51.6 cm³/mol. The fourth-order valence-corrected chi connectivity index (χ4v) is 1.02. The molecule has 0 aliphatic rings. The van der Waals surface area contributed by atoms with E-state index in [-0.39, 0.29) is 6.61 Å². The van der Waals surface area contributed by atoms with Gasteiger partial charge in [0, 0.05) is 0 Å². The van der Waals surface area contributed by atoms with Gasteiger partial charge in [-0.25, -0.2) is 4.39 Å². The van der Waals surface area contributed by atoms with E-state index in [0.717, 1.165) is 11.1 Å². The molecule has 0 radical (unpaired) electrons. The van der Waals surface area contributed by atoms with Gasteiger partial charge >= 0.3 is 0 Å². The molecule has 0 spiro atoms.